The highest BCUT2D eigenvalue weighted by Crippen LogP contribution is 2.37. The molecule has 4 heteroatoms. The van der Waals surface area contributed by atoms with Crippen molar-refractivity contribution in [2.45, 2.75) is 6.42 Å². The lowest BCUT2D eigenvalue weighted by Gasteiger charge is -2.27. The third-order valence-corrected chi connectivity index (χ3v) is 2.96. The minimum Gasteiger partial charge on any atom is -0.249 e. The first kappa shape index (κ1) is 10.3. The number of fused-ring (bicyclic) bond motifs is 2. The van der Waals surface area contributed by atoms with Crippen LogP contribution in [-0.2, 0) is 0 Å². The van der Waals surface area contributed by atoms with Gasteiger partial charge in [0.05, 0.1) is 28.9 Å². The smallest absolute Gasteiger partial charge is 0.189 e. The Bertz CT molecular complexity index is 695. The number of allylic oxidation sites excluding steroid dienone is 4. The summed E-state index contributed by atoms with van der Waals surface area (Å²) in [6.07, 6.45) is 6.17. The van der Waals surface area contributed by atoms with Gasteiger partial charge in [-0.25, -0.2) is 9.89 Å². The zero-order valence-corrected chi connectivity index (χ0v) is 9.46. The second-order valence-corrected chi connectivity index (χ2v) is 4.02. The molecule has 0 fully saturated rings. The molecule has 84 valence electrons. The molecule has 0 saturated heterocycles. The Hall–Kier alpha value is -2.85. The fourth-order valence-electron chi connectivity index (χ4n) is 2.11. The molecule has 1 aliphatic carbocycles. The molecule has 0 radical (unpaired) electrons. The average Bonchev–Trinajstić information content (AvgIpc) is 2.44. The van der Waals surface area contributed by atoms with Crippen molar-refractivity contribution in [1.29, 1.82) is 10.5 Å². The first-order valence-corrected chi connectivity index (χ1v) is 5.51. The Balaban J connectivity index is 2.20. The Labute approximate surface area is 104 Å². The van der Waals surface area contributed by atoms with E-state index in [-0.39, 0.29) is 0 Å². The van der Waals surface area contributed by atoms with Crippen LogP contribution in [0.25, 0.3) is 0 Å². The SMILES string of the molecule is N#CC1=CC=C2C(=Nc3ccccc3N2C#N)C1. The maximum atomic E-state index is 9.29. The molecular weight excluding hydrogens is 224 g/mol. The Kier molecular flexibility index (Phi) is 2.22. The van der Waals surface area contributed by atoms with Gasteiger partial charge in [-0.2, -0.15) is 10.5 Å². The number of para-hydroxylation sites is 2. The predicted octanol–water partition coefficient (Wildman–Crippen LogP) is 2.80. The van der Waals surface area contributed by atoms with E-state index in [4.69, 9.17) is 5.26 Å². The molecule has 2 aliphatic rings. The summed E-state index contributed by atoms with van der Waals surface area (Å²) in [4.78, 5) is 6.09. The second-order valence-electron chi connectivity index (χ2n) is 4.02. The Morgan fingerprint density at radius 2 is 2.00 bits per heavy atom. The van der Waals surface area contributed by atoms with Crippen LogP contribution in [0.4, 0.5) is 11.4 Å². The van der Waals surface area contributed by atoms with Gasteiger partial charge in [0.1, 0.15) is 0 Å². The highest BCUT2D eigenvalue weighted by atomic mass is 15.2. The standard InChI is InChI=1S/C14H8N4/c15-8-10-5-6-14-12(7-10)17-11-3-1-2-4-13(11)18(14)9-16/h1-6H,7H2. The zero-order valence-electron chi connectivity index (χ0n) is 9.46. The second kappa shape index (κ2) is 3.87. The summed E-state index contributed by atoms with van der Waals surface area (Å²) >= 11 is 0. The van der Waals surface area contributed by atoms with Gasteiger partial charge in [0.25, 0.3) is 0 Å². The number of nitrogens with zero attached hydrogens (tertiary/aromatic N) is 4. The van der Waals surface area contributed by atoms with E-state index in [2.05, 4.69) is 17.3 Å². The lowest BCUT2D eigenvalue weighted by Crippen LogP contribution is -2.27. The van der Waals surface area contributed by atoms with E-state index >= 15 is 0 Å². The van der Waals surface area contributed by atoms with E-state index < -0.39 is 0 Å². The Morgan fingerprint density at radius 1 is 1.17 bits per heavy atom. The summed E-state index contributed by atoms with van der Waals surface area (Å²) in [6, 6.07) is 9.63. The molecule has 0 saturated carbocycles. The fraction of sp³-hybridized carbons (Fsp3) is 0.0714. The summed E-state index contributed by atoms with van der Waals surface area (Å²) in [5, 5.41) is 18.2. The lowest BCUT2D eigenvalue weighted by molar-refractivity contribution is 1.14. The van der Waals surface area contributed by atoms with Gasteiger partial charge in [0.15, 0.2) is 6.19 Å². The molecule has 3 rings (SSSR count). The number of nitriles is 2. The van der Waals surface area contributed by atoms with Crippen LogP contribution in [0.5, 0.6) is 0 Å². The van der Waals surface area contributed by atoms with Crippen LogP contribution < -0.4 is 4.90 Å². The van der Waals surface area contributed by atoms with E-state index in [0.29, 0.717) is 12.0 Å². The van der Waals surface area contributed by atoms with Gasteiger partial charge < -0.3 is 0 Å². The van der Waals surface area contributed by atoms with Gasteiger partial charge in [0, 0.05) is 12.0 Å². The molecule has 0 bridgehead atoms. The molecule has 0 aromatic heterocycles. The highest BCUT2D eigenvalue weighted by Gasteiger charge is 2.26. The molecule has 0 spiro atoms. The zero-order chi connectivity index (χ0) is 12.5. The lowest BCUT2D eigenvalue weighted by atomic mass is 9.98. The normalized spacial score (nSPS) is 16.3. The first-order chi connectivity index (χ1) is 8.83. The van der Waals surface area contributed by atoms with Crippen LogP contribution in [-0.4, -0.2) is 5.71 Å². The summed E-state index contributed by atoms with van der Waals surface area (Å²) in [5.74, 6) is 0. The number of hydrogen-bond acceptors (Lipinski definition) is 4. The van der Waals surface area contributed by atoms with Crippen LogP contribution in [0.3, 0.4) is 0 Å². The third-order valence-electron chi connectivity index (χ3n) is 2.96. The van der Waals surface area contributed by atoms with Crippen molar-refractivity contribution >= 4 is 17.1 Å². The Morgan fingerprint density at radius 3 is 2.78 bits per heavy atom. The largest absolute Gasteiger partial charge is 0.249 e. The quantitative estimate of drug-likeness (QED) is 0.646. The van der Waals surface area contributed by atoms with Gasteiger partial charge in [-0.05, 0) is 24.3 Å². The van der Waals surface area contributed by atoms with Crippen LogP contribution >= 0.6 is 0 Å². The predicted molar refractivity (Wildman–Crippen MR) is 68.0 cm³/mol. The number of rotatable bonds is 0. The van der Waals surface area contributed by atoms with Crippen LogP contribution in [0, 0.1) is 22.8 Å². The fourth-order valence-corrected chi connectivity index (χ4v) is 2.11. The number of hydrogen-bond donors (Lipinski definition) is 0. The van der Waals surface area contributed by atoms with Gasteiger partial charge in [-0.3, -0.25) is 0 Å². The van der Waals surface area contributed by atoms with Gasteiger partial charge in [-0.15, -0.1) is 0 Å². The molecule has 1 heterocycles. The minimum absolute atomic E-state index is 0.481. The van der Waals surface area contributed by atoms with Gasteiger partial charge >= 0.3 is 0 Å². The maximum Gasteiger partial charge on any atom is 0.189 e. The summed E-state index contributed by atoms with van der Waals surface area (Å²) in [6.45, 7) is 0. The topological polar surface area (TPSA) is 63.2 Å². The van der Waals surface area contributed by atoms with Crippen molar-refractivity contribution in [3.8, 4) is 12.3 Å². The van der Waals surface area contributed by atoms with Crippen LogP contribution in [0.2, 0.25) is 0 Å². The van der Waals surface area contributed by atoms with Gasteiger partial charge in [-0.1, -0.05) is 12.1 Å². The summed E-state index contributed by atoms with van der Waals surface area (Å²) in [5.41, 5.74) is 3.74. The monoisotopic (exact) mass is 232 g/mol. The molecule has 0 N–H and O–H groups in total. The maximum absolute atomic E-state index is 9.29. The summed E-state index contributed by atoms with van der Waals surface area (Å²) < 4.78 is 0. The molecule has 4 nitrogen and oxygen atoms in total. The van der Waals surface area contributed by atoms with Crippen molar-refractivity contribution in [3.05, 3.63) is 47.7 Å². The summed E-state index contributed by atoms with van der Waals surface area (Å²) in [7, 11) is 0. The number of anilines is 1. The van der Waals surface area contributed by atoms with E-state index in [1.54, 1.807) is 17.1 Å². The number of aliphatic imine (C=N–C) groups is 1. The van der Waals surface area contributed by atoms with E-state index in [1.165, 1.54) is 0 Å². The number of benzene rings is 1. The molecule has 1 aromatic rings. The molecule has 0 amide bonds. The minimum atomic E-state index is 0.481. The van der Waals surface area contributed by atoms with E-state index in [1.807, 2.05) is 24.3 Å². The van der Waals surface area contributed by atoms with Crippen LogP contribution in [0.15, 0.2) is 52.7 Å². The van der Waals surface area contributed by atoms with Crippen molar-refractivity contribution in [3.63, 3.8) is 0 Å². The van der Waals surface area contributed by atoms with Crippen LogP contribution in [0.1, 0.15) is 6.42 Å². The average molecular weight is 232 g/mol. The molecule has 1 aromatic carbocycles. The van der Waals surface area contributed by atoms with Crippen molar-refractivity contribution in [2.24, 2.45) is 4.99 Å². The molecule has 18 heavy (non-hydrogen) atoms. The molecule has 1 aliphatic heterocycles. The third kappa shape index (κ3) is 1.41. The first-order valence-electron chi connectivity index (χ1n) is 5.51. The molecule has 0 atom stereocenters. The molecule has 0 unspecified atom stereocenters. The van der Waals surface area contributed by atoms with Crippen molar-refractivity contribution in [1.82, 2.24) is 0 Å². The van der Waals surface area contributed by atoms with Crippen molar-refractivity contribution in [2.75, 3.05) is 4.90 Å². The highest BCUT2D eigenvalue weighted by molar-refractivity contribution is 6.11. The van der Waals surface area contributed by atoms with Gasteiger partial charge in [0.2, 0.25) is 0 Å². The van der Waals surface area contributed by atoms with Crippen molar-refractivity contribution < 1.29 is 0 Å². The van der Waals surface area contributed by atoms with E-state index in [9.17, 15) is 5.26 Å². The van der Waals surface area contributed by atoms with E-state index in [0.717, 1.165) is 22.8 Å². The molecular formula is C14H8N4.